The number of aromatic nitrogens is 2. The van der Waals surface area contributed by atoms with Crippen molar-refractivity contribution in [3.05, 3.63) is 35.9 Å². The fourth-order valence-corrected chi connectivity index (χ4v) is 3.25. The van der Waals surface area contributed by atoms with E-state index in [2.05, 4.69) is 39.4 Å². The van der Waals surface area contributed by atoms with Gasteiger partial charge in [0.1, 0.15) is 5.82 Å². The van der Waals surface area contributed by atoms with Crippen molar-refractivity contribution in [2.45, 2.75) is 32.7 Å². The fourth-order valence-electron chi connectivity index (χ4n) is 3.25. The summed E-state index contributed by atoms with van der Waals surface area (Å²) in [6.45, 7) is 6.45. The van der Waals surface area contributed by atoms with E-state index in [1.807, 2.05) is 6.20 Å². The molecule has 0 amide bonds. The Morgan fingerprint density at radius 3 is 2.80 bits per heavy atom. The van der Waals surface area contributed by atoms with Gasteiger partial charge in [-0.05, 0) is 50.5 Å². The number of nitrogens with zero attached hydrogens (tertiary/aromatic N) is 3. The number of hydrogen-bond donors (Lipinski definition) is 1. The van der Waals surface area contributed by atoms with E-state index in [9.17, 15) is 0 Å². The van der Waals surface area contributed by atoms with Crippen LogP contribution in [0.25, 0.3) is 5.52 Å². The van der Waals surface area contributed by atoms with Crippen molar-refractivity contribution in [2.24, 2.45) is 11.7 Å². The molecule has 4 heteroatoms. The first-order valence-corrected chi connectivity index (χ1v) is 7.68. The first kappa shape index (κ1) is 13.6. The second kappa shape index (κ2) is 5.94. The maximum atomic E-state index is 5.86. The van der Waals surface area contributed by atoms with Gasteiger partial charge in [0.2, 0.25) is 0 Å². The summed E-state index contributed by atoms with van der Waals surface area (Å²) in [5.41, 5.74) is 8.17. The molecule has 4 nitrogen and oxygen atoms in total. The van der Waals surface area contributed by atoms with E-state index >= 15 is 0 Å². The van der Waals surface area contributed by atoms with Crippen molar-refractivity contribution in [2.75, 3.05) is 19.6 Å². The Balaban J connectivity index is 1.78. The zero-order valence-electron chi connectivity index (χ0n) is 12.3. The topological polar surface area (TPSA) is 46.6 Å². The quantitative estimate of drug-likeness (QED) is 0.927. The van der Waals surface area contributed by atoms with Gasteiger partial charge in [0, 0.05) is 18.7 Å². The third-order valence-corrected chi connectivity index (χ3v) is 4.54. The number of piperidine rings is 1. The van der Waals surface area contributed by atoms with E-state index in [0.717, 1.165) is 23.5 Å². The summed E-state index contributed by atoms with van der Waals surface area (Å²) < 4.78 is 2.24. The van der Waals surface area contributed by atoms with Crippen LogP contribution in [0.5, 0.6) is 0 Å². The lowest BCUT2D eigenvalue weighted by atomic mass is 9.93. The standard InChI is InChI=1S/C16H24N4/c1-2-19-8-6-13(7-9-19)10-16-18-12-15-5-3-4-14(11-17)20(15)16/h3-5,12-13H,2,6-11,17H2,1H3. The van der Waals surface area contributed by atoms with Crippen LogP contribution < -0.4 is 5.73 Å². The molecule has 0 aromatic carbocycles. The number of hydrogen-bond acceptors (Lipinski definition) is 3. The second-order valence-electron chi connectivity index (χ2n) is 5.74. The van der Waals surface area contributed by atoms with Crippen LogP contribution in [0.15, 0.2) is 24.4 Å². The molecule has 3 heterocycles. The predicted molar refractivity (Wildman–Crippen MR) is 81.6 cm³/mol. The summed E-state index contributed by atoms with van der Waals surface area (Å²) in [6.07, 6.45) is 5.61. The van der Waals surface area contributed by atoms with Gasteiger partial charge in [-0.15, -0.1) is 0 Å². The summed E-state index contributed by atoms with van der Waals surface area (Å²) in [5, 5.41) is 0. The number of imidazole rings is 1. The van der Waals surface area contributed by atoms with Crippen LogP contribution in [0.2, 0.25) is 0 Å². The van der Waals surface area contributed by atoms with E-state index in [-0.39, 0.29) is 0 Å². The van der Waals surface area contributed by atoms with Gasteiger partial charge in [0.25, 0.3) is 0 Å². The van der Waals surface area contributed by atoms with Crippen molar-refractivity contribution < 1.29 is 0 Å². The molecule has 0 saturated carbocycles. The minimum atomic E-state index is 0.564. The molecule has 2 N–H and O–H groups in total. The van der Waals surface area contributed by atoms with Gasteiger partial charge in [-0.2, -0.15) is 0 Å². The molecule has 1 aliphatic heterocycles. The maximum Gasteiger partial charge on any atom is 0.113 e. The molecule has 1 fully saturated rings. The highest BCUT2D eigenvalue weighted by Crippen LogP contribution is 2.22. The van der Waals surface area contributed by atoms with Gasteiger partial charge in [-0.25, -0.2) is 4.98 Å². The van der Waals surface area contributed by atoms with Crippen LogP contribution in [-0.2, 0) is 13.0 Å². The summed E-state index contributed by atoms with van der Waals surface area (Å²) in [7, 11) is 0. The second-order valence-corrected chi connectivity index (χ2v) is 5.74. The molecule has 0 bridgehead atoms. The highest BCUT2D eigenvalue weighted by molar-refractivity contribution is 5.47. The van der Waals surface area contributed by atoms with E-state index in [1.165, 1.54) is 38.3 Å². The van der Waals surface area contributed by atoms with E-state index in [0.29, 0.717) is 6.54 Å². The molecular weight excluding hydrogens is 248 g/mol. The Morgan fingerprint density at radius 2 is 2.10 bits per heavy atom. The molecule has 1 saturated heterocycles. The number of likely N-dealkylation sites (tertiary alicyclic amines) is 1. The third kappa shape index (κ3) is 2.58. The molecule has 108 valence electrons. The van der Waals surface area contributed by atoms with E-state index in [1.54, 1.807) is 0 Å². The molecule has 0 aliphatic carbocycles. The Hall–Kier alpha value is -1.39. The molecule has 2 aromatic heterocycles. The lowest BCUT2D eigenvalue weighted by Crippen LogP contribution is -2.34. The van der Waals surface area contributed by atoms with Gasteiger partial charge < -0.3 is 10.6 Å². The smallest absolute Gasteiger partial charge is 0.113 e. The first-order chi connectivity index (χ1) is 9.81. The summed E-state index contributed by atoms with van der Waals surface area (Å²) in [6, 6.07) is 6.26. The maximum absolute atomic E-state index is 5.86. The van der Waals surface area contributed by atoms with Crippen LogP contribution in [0, 0.1) is 5.92 Å². The number of pyridine rings is 1. The zero-order valence-corrected chi connectivity index (χ0v) is 12.3. The fraction of sp³-hybridized carbons (Fsp3) is 0.562. The molecule has 1 aliphatic rings. The van der Waals surface area contributed by atoms with Gasteiger partial charge in [0.15, 0.2) is 0 Å². The molecule has 0 unspecified atom stereocenters. The lowest BCUT2D eigenvalue weighted by molar-refractivity contribution is 0.191. The normalized spacial score (nSPS) is 17.9. The Morgan fingerprint density at radius 1 is 1.30 bits per heavy atom. The summed E-state index contributed by atoms with van der Waals surface area (Å²) >= 11 is 0. The van der Waals surface area contributed by atoms with Crippen LogP contribution in [0.1, 0.15) is 31.3 Å². The average molecular weight is 272 g/mol. The molecule has 3 rings (SSSR count). The Bertz CT molecular complexity index is 567. The number of fused-ring (bicyclic) bond motifs is 1. The Kier molecular flexibility index (Phi) is 4.03. The lowest BCUT2D eigenvalue weighted by Gasteiger charge is -2.30. The van der Waals surface area contributed by atoms with Crippen molar-refractivity contribution in [1.29, 1.82) is 0 Å². The van der Waals surface area contributed by atoms with Gasteiger partial charge in [-0.1, -0.05) is 13.0 Å². The number of nitrogens with two attached hydrogens (primary N) is 1. The third-order valence-electron chi connectivity index (χ3n) is 4.54. The van der Waals surface area contributed by atoms with Crippen LogP contribution in [0.4, 0.5) is 0 Å². The van der Waals surface area contributed by atoms with E-state index in [4.69, 9.17) is 5.73 Å². The van der Waals surface area contributed by atoms with Gasteiger partial charge in [0.05, 0.1) is 11.7 Å². The molecule has 0 atom stereocenters. The summed E-state index contributed by atoms with van der Waals surface area (Å²) in [4.78, 5) is 7.16. The van der Waals surface area contributed by atoms with Crippen molar-refractivity contribution in [3.63, 3.8) is 0 Å². The monoisotopic (exact) mass is 272 g/mol. The minimum Gasteiger partial charge on any atom is -0.325 e. The summed E-state index contributed by atoms with van der Waals surface area (Å²) in [5.74, 6) is 1.94. The highest BCUT2D eigenvalue weighted by Gasteiger charge is 2.20. The SMILES string of the molecule is CCN1CCC(Cc2ncc3cccc(CN)n23)CC1. The van der Waals surface area contributed by atoms with Crippen LogP contribution in [-0.4, -0.2) is 33.9 Å². The van der Waals surface area contributed by atoms with Crippen molar-refractivity contribution in [3.8, 4) is 0 Å². The molecular formula is C16H24N4. The zero-order chi connectivity index (χ0) is 13.9. The van der Waals surface area contributed by atoms with Gasteiger partial charge >= 0.3 is 0 Å². The average Bonchev–Trinajstić information content (AvgIpc) is 2.91. The molecule has 0 radical (unpaired) electrons. The molecule has 2 aromatic rings. The number of rotatable bonds is 4. The van der Waals surface area contributed by atoms with E-state index < -0.39 is 0 Å². The van der Waals surface area contributed by atoms with Gasteiger partial charge in [-0.3, -0.25) is 4.40 Å². The Labute approximate surface area is 120 Å². The largest absolute Gasteiger partial charge is 0.325 e. The van der Waals surface area contributed by atoms with Crippen LogP contribution in [0.3, 0.4) is 0 Å². The molecule has 0 spiro atoms. The van der Waals surface area contributed by atoms with Crippen molar-refractivity contribution >= 4 is 5.52 Å². The van der Waals surface area contributed by atoms with Crippen molar-refractivity contribution in [1.82, 2.24) is 14.3 Å². The highest BCUT2D eigenvalue weighted by atomic mass is 15.1. The predicted octanol–water partition coefficient (Wildman–Crippen LogP) is 2.07. The first-order valence-electron chi connectivity index (χ1n) is 7.68. The van der Waals surface area contributed by atoms with Crippen LogP contribution >= 0.6 is 0 Å². The minimum absolute atomic E-state index is 0.564. The molecule has 20 heavy (non-hydrogen) atoms.